The number of nitrogens with one attached hydrogen (secondary N) is 1. The van der Waals surface area contributed by atoms with E-state index in [1.165, 1.54) is 12.1 Å². The highest BCUT2D eigenvalue weighted by atomic mass is 32.3. The SMILES string of the molecule is COc1cc(OS(O)(O)c2ccccc2C)ccc1-c1ccc2c(c1COc1cc(F)ccc1C)C(C)=CC(C)(C)N2. The molecule has 0 saturated heterocycles. The van der Waals surface area contributed by atoms with Crippen LogP contribution in [0.3, 0.4) is 0 Å². The molecule has 42 heavy (non-hydrogen) atoms. The van der Waals surface area contributed by atoms with Crippen LogP contribution in [0.1, 0.15) is 43.0 Å². The van der Waals surface area contributed by atoms with E-state index in [4.69, 9.17) is 13.7 Å². The molecule has 6 nitrogen and oxygen atoms in total. The van der Waals surface area contributed by atoms with Crippen molar-refractivity contribution in [2.75, 3.05) is 12.4 Å². The molecule has 0 bridgehead atoms. The molecule has 0 amide bonds. The monoisotopic (exact) mass is 589 g/mol. The summed E-state index contributed by atoms with van der Waals surface area (Å²) in [6.45, 7) is 10.2. The van der Waals surface area contributed by atoms with Gasteiger partial charge in [0.15, 0.2) is 10.9 Å². The molecule has 0 unspecified atom stereocenters. The summed E-state index contributed by atoms with van der Waals surface area (Å²) in [5, 5.41) is 3.59. The van der Waals surface area contributed by atoms with Gasteiger partial charge in [-0.3, -0.25) is 9.11 Å². The molecule has 5 rings (SSSR count). The van der Waals surface area contributed by atoms with Crippen LogP contribution < -0.4 is 19.0 Å². The number of aryl methyl sites for hydroxylation is 2. The first-order valence-corrected chi connectivity index (χ1v) is 15.1. The van der Waals surface area contributed by atoms with E-state index in [0.717, 1.165) is 39.1 Å². The Labute approximate surface area is 248 Å². The van der Waals surface area contributed by atoms with E-state index in [-0.39, 0.29) is 23.7 Å². The largest absolute Gasteiger partial charge is 0.496 e. The van der Waals surface area contributed by atoms with E-state index < -0.39 is 10.9 Å². The minimum absolute atomic E-state index is 0.186. The number of methoxy groups -OCH3 is 1. The summed E-state index contributed by atoms with van der Waals surface area (Å²) >= 11 is 0. The molecule has 0 saturated carbocycles. The van der Waals surface area contributed by atoms with Gasteiger partial charge in [0.05, 0.1) is 17.5 Å². The summed E-state index contributed by atoms with van der Waals surface area (Å²) in [5.41, 5.74) is 6.95. The van der Waals surface area contributed by atoms with Crippen LogP contribution in [0.25, 0.3) is 16.7 Å². The summed E-state index contributed by atoms with van der Waals surface area (Å²) in [6.07, 6.45) is 2.18. The summed E-state index contributed by atoms with van der Waals surface area (Å²) in [4.78, 5) is 0.326. The molecule has 0 aliphatic carbocycles. The summed E-state index contributed by atoms with van der Waals surface area (Å²) < 4.78 is 53.5. The topological polar surface area (TPSA) is 80.2 Å². The Morgan fingerprint density at radius 3 is 2.33 bits per heavy atom. The maximum Gasteiger partial charge on any atom is 0.161 e. The van der Waals surface area contributed by atoms with Gasteiger partial charge < -0.3 is 19.0 Å². The lowest BCUT2D eigenvalue weighted by atomic mass is 9.85. The smallest absolute Gasteiger partial charge is 0.161 e. The van der Waals surface area contributed by atoms with Gasteiger partial charge in [-0.1, -0.05) is 36.4 Å². The minimum Gasteiger partial charge on any atom is -0.496 e. The van der Waals surface area contributed by atoms with Crippen molar-refractivity contribution >= 4 is 22.1 Å². The van der Waals surface area contributed by atoms with Gasteiger partial charge in [-0.15, -0.1) is 0 Å². The number of ether oxygens (including phenoxy) is 2. The third-order valence-electron chi connectivity index (χ3n) is 7.32. The maximum atomic E-state index is 14.1. The van der Waals surface area contributed by atoms with E-state index in [1.807, 2.05) is 31.2 Å². The Bertz CT molecular complexity index is 1680. The van der Waals surface area contributed by atoms with E-state index >= 15 is 0 Å². The lowest BCUT2D eigenvalue weighted by Crippen LogP contribution is -2.32. The fourth-order valence-corrected chi connectivity index (χ4v) is 6.67. The van der Waals surface area contributed by atoms with Crippen molar-refractivity contribution in [2.45, 2.75) is 51.7 Å². The van der Waals surface area contributed by atoms with Crippen LogP contribution in [0.4, 0.5) is 10.1 Å². The van der Waals surface area contributed by atoms with Crippen molar-refractivity contribution in [3.05, 3.63) is 107 Å². The van der Waals surface area contributed by atoms with Crippen LogP contribution in [0.2, 0.25) is 0 Å². The zero-order chi connectivity index (χ0) is 30.2. The summed E-state index contributed by atoms with van der Waals surface area (Å²) in [7, 11) is -2.00. The average Bonchev–Trinajstić information content (AvgIpc) is 2.92. The zero-order valence-electron chi connectivity index (χ0n) is 24.6. The molecule has 1 aliphatic heterocycles. The highest BCUT2D eigenvalue weighted by Crippen LogP contribution is 2.52. The van der Waals surface area contributed by atoms with Crippen LogP contribution in [0, 0.1) is 19.7 Å². The van der Waals surface area contributed by atoms with Crippen LogP contribution in [0.5, 0.6) is 17.2 Å². The van der Waals surface area contributed by atoms with Gasteiger partial charge in [0.25, 0.3) is 0 Å². The number of halogens is 1. The normalized spacial score (nSPS) is 14.4. The van der Waals surface area contributed by atoms with Gasteiger partial charge in [-0.05, 0) is 87.2 Å². The Morgan fingerprint density at radius 1 is 0.857 bits per heavy atom. The van der Waals surface area contributed by atoms with Crippen LogP contribution in [-0.2, 0) is 6.61 Å². The Balaban J connectivity index is 1.58. The molecule has 1 heterocycles. The molecule has 0 atom stereocenters. The molecule has 0 spiro atoms. The van der Waals surface area contributed by atoms with Crippen molar-refractivity contribution in [1.29, 1.82) is 0 Å². The molecule has 4 aromatic rings. The molecule has 4 aromatic carbocycles. The van der Waals surface area contributed by atoms with Gasteiger partial charge in [-0.2, -0.15) is 0 Å². The van der Waals surface area contributed by atoms with Crippen molar-refractivity contribution in [1.82, 2.24) is 0 Å². The molecular formula is C34H36FNO5S. The predicted octanol–water partition coefficient (Wildman–Crippen LogP) is 9.41. The molecule has 220 valence electrons. The number of hydrogen-bond donors (Lipinski definition) is 3. The van der Waals surface area contributed by atoms with E-state index in [2.05, 4.69) is 32.2 Å². The Hall–Kier alpha value is -3.98. The van der Waals surface area contributed by atoms with Crippen LogP contribution >= 0.6 is 10.9 Å². The first-order chi connectivity index (χ1) is 19.9. The second-order valence-corrected chi connectivity index (χ2v) is 12.7. The van der Waals surface area contributed by atoms with E-state index in [1.54, 1.807) is 50.4 Å². The standard InChI is InChI=1S/C34H36FNO5S/c1-21-11-12-24(35)17-30(21)40-20-28-26(15-16-29-33(28)23(3)19-34(4,5)36-29)27-14-13-25(18-31(27)39-6)41-42(37,38)32-10-8-7-9-22(32)2/h7-19,36-38H,20H2,1-6H3. The average molecular weight is 590 g/mol. The van der Waals surface area contributed by atoms with Crippen molar-refractivity contribution < 1.29 is 27.2 Å². The third kappa shape index (κ3) is 5.97. The van der Waals surface area contributed by atoms with Gasteiger partial charge in [0, 0.05) is 34.5 Å². The van der Waals surface area contributed by atoms with Crippen molar-refractivity contribution in [2.24, 2.45) is 0 Å². The second-order valence-electron chi connectivity index (χ2n) is 11.1. The number of fused-ring (bicyclic) bond motifs is 1. The van der Waals surface area contributed by atoms with Crippen LogP contribution in [-0.4, -0.2) is 21.8 Å². The van der Waals surface area contributed by atoms with Crippen molar-refractivity contribution in [3.8, 4) is 28.4 Å². The Morgan fingerprint density at radius 2 is 1.60 bits per heavy atom. The number of anilines is 1. The zero-order valence-corrected chi connectivity index (χ0v) is 25.4. The van der Waals surface area contributed by atoms with E-state index in [9.17, 15) is 13.5 Å². The van der Waals surface area contributed by atoms with Crippen LogP contribution in [0.15, 0.2) is 83.8 Å². The predicted molar refractivity (Wildman–Crippen MR) is 168 cm³/mol. The van der Waals surface area contributed by atoms with Gasteiger partial charge in [-0.25, -0.2) is 4.39 Å². The fourth-order valence-electron chi connectivity index (χ4n) is 5.46. The number of benzene rings is 4. The summed E-state index contributed by atoms with van der Waals surface area (Å²) in [5.74, 6) is 0.853. The number of hydrogen-bond acceptors (Lipinski definition) is 6. The molecule has 0 fully saturated rings. The first-order valence-electron chi connectivity index (χ1n) is 13.6. The minimum atomic E-state index is -3.55. The molecular weight excluding hydrogens is 553 g/mol. The molecule has 0 aromatic heterocycles. The number of allylic oxidation sites excluding steroid dienone is 1. The van der Waals surface area contributed by atoms with Gasteiger partial charge in [0.1, 0.15) is 29.7 Å². The highest BCUT2D eigenvalue weighted by molar-refractivity contribution is 8.20. The lowest BCUT2D eigenvalue weighted by molar-refractivity contribution is 0.302. The molecule has 3 N–H and O–H groups in total. The van der Waals surface area contributed by atoms with Crippen molar-refractivity contribution in [3.63, 3.8) is 0 Å². The second kappa shape index (κ2) is 11.4. The maximum absolute atomic E-state index is 14.1. The molecule has 8 heteroatoms. The third-order valence-corrected chi connectivity index (χ3v) is 8.78. The van der Waals surface area contributed by atoms with Gasteiger partial charge >= 0.3 is 0 Å². The van der Waals surface area contributed by atoms with E-state index in [0.29, 0.717) is 22.0 Å². The molecule has 0 radical (unpaired) electrons. The molecule has 1 aliphatic rings. The fraction of sp³-hybridized carbons (Fsp3) is 0.235. The summed E-state index contributed by atoms with van der Waals surface area (Å²) in [6, 6.07) is 20.7. The highest BCUT2D eigenvalue weighted by Gasteiger charge is 2.28. The number of rotatable bonds is 8. The van der Waals surface area contributed by atoms with Gasteiger partial charge in [0.2, 0.25) is 0 Å². The lowest BCUT2D eigenvalue weighted by Gasteiger charge is -2.33. The first kappa shape index (κ1) is 29.5. The quantitative estimate of drug-likeness (QED) is 0.190. The Kier molecular flexibility index (Phi) is 7.98.